The molecule has 0 bridgehead atoms. The highest BCUT2D eigenvalue weighted by molar-refractivity contribution is 9.10. The second kappa shape index (κ2) is 6.79. The fourth-order valence-corrected chi connectivity index (χ4v) is 4.70. The summed E-state index contributed by atoms with van der Waals surface area (Å²) in [7, 11) is 1.70. The predicted octanol–water partition coefficient (Wildman–Crippen LogP) is 4.70. The zero-order valence-electron chi connectivity index (χ0n) is 10.8. The van der Waals surface area contributed by atoms with Crippen LogP contribution >= 0.6 is 39.0 Å². The molecule has 1 aromatic heterocycles. The van der Waals surface area contributed by atoms with Gasteiger partial charge in [0.1, 0.15) is 5.75 Å². The van der Waals surface area contributed by atoms with Gasteiger partial charge in [0.25, 0.3) is 0 Å². The molecule has 102 valence electrons. The maximum atomic E-state index is 6.15. The van der Waals surface area contributed by atoms with E-state index in [4.69, 9.17) is 10.5 Å². The molecule has 19 heavy (non-hydrogen) atoms. The number of ether oxygens (including phenoxy) is 1. The molecule has 0 saturated heterocycles. The highest BCUT2D eigenvalue weighted by Crippen LogP contribution is 2.43. The molecule has 0 fully saturated rings. The summed E-state index contributed by atoms with van der Waals surface area (Å²) in [5, 5.41) is 2.32. The number of methoxy groups -OCH3 is 1. The molecule has 1 heterocycles. The van der Waals surface area contributed by atoms with Crippen LogP contribution in [0.5, 0.6) is 5.75 Å². The lowest BCUT2D eigenvalue weighted by Gasteiger charge is -2.20. The molecule has 0 aliphatic rings. The maximum Gasteiger partial charge on any atom is 0.132 e. The van der Waals surface area contributed by atoms with Gasteiger partial charge in [0.05, 0.1) is 17.3 Å². The van der Waals surface area contributed by atoms with Crippen molar-refractivity contribution in [3.63, 3.8) is 0 Å². The van der Waals surface area contributed by atoms with Crippen LogP contribution in [0.2, 0.25) is 0 Å². The topological polar surface area (TPSA) is 35.2 Å². The summed E-state index contributed by atoms with van der Waals surface area (Å²) >= 11 is 6.98. The predicted molar refractivity (Wildman–Crippen MR) is 87.3 cm³/mol. The van der Waals surface area contributed by atoms with Gasteiger partial charge in [-0.05, 0) is 41.1 Å². The number of para-hydroxylation sites is 1. The van der Waals surface area contributed by atoms with Gasteiger partial charge >= 0.3 is 0 Å². The summed E-state index contributed by atoms with van der Waals surface area (Å²) in [6.07, 6.45) is 0. The summed E-state index contributed by atoms with van der Waals surface area (Å²) < 4.78 is 6.51. The lowest BCUT2D eigenvalue weighted by molar-refractivity contribution is 0.404. The van der Waals surface area contributed by atoms with Crippen LogP contribution in [0.25, 0.3) is 0 Å². The summed E-state index contributed by atoms with van der Waals surface area (Å²) in [5.74, 6) is 0.897. The SMILES string of the molecule is COc1ccccc1SC(c1cc(Br)cs1)C(C)N. The van der Waals surface area contributed by atoms with Crippen LogP contribution in [0.1, 0.15) is 17.1 Å². The first-order valence-electron chi connectivity index (χ1n) is 5.91. The third kappa shape index (κ3) is 3.75. The lowest BCUT2D eigenvalue weighted by atomic mass is 10.2. The molecule has 0 saturated carbocycles. The second-order valence-corrected chi connectivity index (χ2v) is 7.26. The Morgan fingerprint density at radius 3 is 2.68 bits per heavy atom. The molecule has 0 spiro atoms. The first kappa shape index (κ1) is 14.9. The van der Waals surface area contributed by atoms with E-state index in [1.165, 1.54) is 4.88 Å². The summed E-state index contributed by atoms with van der Waals surface area (Å²) in [6.45, 7) is 2.04. The minimum absolute atomic E-state index is 0.0699. The first-order chi connectivity index (χ1) is 9.11. The molecule has 1 aromatic carbocycles. The first-order valence-corrected chi connectivity index (χ1v) is 8.46. The highest BCUT2D eigenvalue weighted by atomic mass is 79.9. The Morgan fingerprint density at radius 1 is 1.37 bits per heavy atom. The van der Waals surface area contributed by atoms with Crippen molar-refractivity contribution in [1.82, 2.24) is 0 Å². The van der Waals surface area contributed by atoms with Gasteiger partial charge in [0, 0.05) is 20.8 Å². The largest absolute Gasteiger partial charge is 0.496 e. The van der Waals surface area contributed by atoms with Crippen LogP contribution in [0.15, 0.2) is 45.1 Å². The quantitative estimate of drug-likeness (QED) is 0.787. The van der Waals surface area contributed by atoms with Gasteiger partial charge in [0.15, 0.2) is 0 Å². The lowest BCUT2D eigenvalue weighted by Crippen LogP contribution is -2.21. The van der Waals surface area contributed by atoms with Crippen molar-refractivity contribution in [2.24, 2.45) is 5.73 Å². The molecular formula is C14H16BrNOS2. The molecule has 2 nitrogen and oxygen atoms in total. The number of nitrogens with two attached hydrogens (primary N) is 1. The zero-order chi connectivity index (χ0) is 13.8. The smallest absolute Gasteiger partial charge is 0.132 e. The van der Waals surface area contributed by atoms with Gasteiger partial charge < -0.3 is 10.5 Å². The molecule has 2 rings (SSSR count). The standard InChI is InChI=1S/C14H16BrNOS2/c1-9(16)14(13-7-10(15)8-18-13)19-12-6-4-3-5-11(12)17-2/h3-9,14H,16H2,1-2H3. The van der Waals surface area contributed by atoms with Crippen LogP contribution in [0, 0.1) is 0 Å². The van der Waals surface area contributed by atoms with Gasteiger partial charge in [-0.1, -0.05) is 12.1 Å². The van der Waals surface area contributed by atoms with Crippen molar-refractivity contribution in [2.75, 3.05) is 7.11 Å². The number of halogens is 1. The average molecular weight is 358 g/mol. The second-order valence-electron chi connectivity index (χ2n) is 4.22. The highest BCUT2D eigenvalue weighted by Gasteiger charge is 2.21. The van der Waals surface area contributed by atoms with Gasteiger partial charge in [-0.25, -0.2) is 0 Å². The van der Waals surface area contributed by atoms with E-state index in [-0.39, 0.29) is 11.3 Å². The van der Waals surface area contributed by atoms with E-state index in [9.17, 15) is 0 Å². The van der Waals surface area contributed by atoms with E-state index in [2.05, 4.69) is 33.4 Å². The molecule has 0 aliphatic heterocycles. The van der Waals surface area contributed by atoms with Crippen LogP contribution < -0.4 is 10.5 Å². The Hall–Kier alpha value is -0.490. The minimum atomic E-state index is 0.0699. The molecule has 2 aromatic rings. The maximum absolute atomic E-state index is 6.15. The average Bonchev–Trinajstić information content (AvgIpc) is 2.82. The molecule has 2 unspecified atom stereocenters. The third-order valence-corrected chi connectivity index (χ3v) is 6.12. The molecule has 0 radical (unpaired) electrons. The molecule has 0 aliphatic carbocycles. The van der Waals surface area contributed by atoms with Crippen molar-refractivity contribution in [1.29, 1.82) is 0 Å². The van der Waals surface area contributed by atoms with Gasteiger partial charge in [-0.3, -0.25) is 0 Å². The van der Waals surface area contributed by atoms with E-state index >= 15 is 0 Å². The Labute approximate surface area is 130 Å². The third-order valence-electron chi connectivity index (χ3n) is 2.67. The number of benzene rings is 1. The number of hydrogen-bond acceptors (Lipinski definition) is 4. The Morgan fingerprint density at radius 2 is 2.11 bits per heavy atom. The van der Waals surface area contributed by atoms with Gasteiger partial charge in [-0.15, -0.1) is 23.1 Å². The summed E-state index contributed by atoms with van der Waals surface area (Å²) in [4.78, 5) is 2.40. The fraction of sp³-hybridized carbons (Fsp3) is 0.286. The van der Waals surface area contributed by atoms with E-state index in [0.717, 1.165) is 15.1 Å². The van der Waals surface area contributed by atoms with E-state index in [1.54, 1.807) is 30.2 Å². The summed E-state index contributed by atoms with van der Waals surface area (Å²) in [6, 6.07) is 10.3. The van der Waals surface area contributed by atoms with Crippen LogP contribution in [0.3, 0.4) is 0 Å². The van der Waals surface area contributed by atoms with Crippen LogP contribution in [-0.4, -0.2) is 13.2 Å². The zero-order valence-corrected chi connectivity index (χ0v) is 14.0. The van der Waals surface area contributed by atoms with Crippen molar-refractivity contribution < 1.29 is 4.74 Å². The molecule has 2 atom stereocenters. The normalized spacial score (nSPS) is 14.1. The minimum Gasteiger partial charge on any atom is -0.496 e. The fourth-order valence-electron chi connectivity index (χ4n) is 1.75. The van der Waals surface area contributed by atoms with E-state index in [0.29, 0.717) is 0 Å². The molecule has 5 heteroatoms. The number of thiophene rings is 1. The molecular weight excluding hydrogens is 342 g/mol. The monoisotopic (exact) mass is 357 g/mol. The van der Waals surface area contributed by atoms with Crippen LogP contribution in [0.4, 0.5) is 0 Å². The Kier molecular flexibility index (Phi) is 5.33. The Bertz CT molecular complexity index is 542. The number of thioether (sulfide) groups is 1. The van der Waals surface area contributed by atoms with Crippen molar-refractivity contribution in [2.45, 2.75) is 23.1 Å². The van der Waals surface area contributed by atoms with Crippen molar-refractivity contribution in [3.05, 3.63) is 45.1 Å². The van der Waals surface area contributed by atoms with Gasteiger partial charge in [-0.2, -0.15) is 0 Å². The van der Waals surface area contributed by atoms with Crippen molar-refractivity contribution >= 4 is 39.0 Å². The molecule has 0 amide bonds. The van der Waals surface area contributed by atoms with Crippen LogP contribution in [-0.2, 0) is 0 Å². The number of hydrogen-bond donors (Lipinski definition) is 1. The van der Waals surface area contributed by atoms with Crippen molar-refractivity contribution in [3.8, 4) is 5.75 Å². The molecule has 2 N–H and O–H groups in total. The Balaban J connectivity index is 2.26. The summed E-state index contributed by atoms with van der Waals surface area (Å²) in [5.41, 5.74) is 6.15. The van der Waals surface area contributed by atoms with Gasteiger partial charge in [0.2, 0.25) is 0 Å². The van der Waals surface area contributed by atoms with E-state index < -0.39 is 0 Å². The number of rotatable bonds is 5. The van der Waals surface area contributed by atoms with E-state index in [1.807, 2.05) is 25.1 Å².